The van der Waals surface area contributed by atoms with Gasteiger partial charge in [-0.05, 0) is 24.6 Å². The van der Waals surface area contributed by atoms with Crippen LogP contribution in [0.3, 0.4) is 0 Å². The van der Waals surface area contributed by atoms with Crippen LogP contribution in [-0.2, 0) is 5.54 Å². The second-order valence-electron chi connectivity index (χ2n) is 5.60. The maximum atomic E-state index is 10.0. The van der Waals surface area contributed by atoms with E-state index in [-0.39, 0.29) is 12.1 Å². The molecule has 0 aliphatic carbocycles. The van der Waals surface area contributed by atoms with Crippen molar-refractivity contribution >= 4 is 0 Å². The molecule has 0 spiro atoms. The molecule has 1 unspecified atom stereocenters. The molecule has 3 heteroatoms. The van der Waals surface area contributed by atoms with Gasteiger partial charge in [-0.15, -0.1) is 0 Å². The molecule has 20 heavy (non-hydrogen) atoms. The van der Waals surface area contributed by atoms with Crippen LogP contribution >= 0.6 is 0 Å². The molecule has 0 aliphatic rings. The number of likely N-dealkylation sites (N-methyl/N-ethyl adjacent to an activating group) is 1. The second-order valence-corrected chi connectivity index (χ2v) is 5.60. The lowest BCUT2D eigenvalue weighted by Gasteiger charge is -2.38. The van der Waals surface area contributed by atoms with E-state index in [1.807, 2.05) is 18.2 Å². The molecule has 0 aromatic heterocycles. The summed E-state index contributed by atoms with van der Waals surface area (Å²) >= 11 is 0. The molecule has 0 bridgehead atoms. The predicted octanol–water partition coefficient (Wildman–Crippen LogP) is 2.46. The molecule has 0 saturated carbocycles. The van der Waals surface area contributed by atoms with Crippen LogP contribution in [0.25, 0.3) is 0 Å². The van der Waals surface area contributed by atoms with E-state index >= 15 is 0 Å². The summed E-state index contributed by atoms with van der Waals surface area (Å²) in [4.78, 5) is 2.39. The van der Waals surface area contributed by atoms with E-state index in [1.54, 1.807) is 0 Å². The Morgan fingerprint density at radius 1 is 1.15 bits per heavy atom. The predicted molar refractivity (Wildman–Crippen MR) is 85.8 cm³/mol. The fourth-order valence-corrected chi connectivity index (χ4v) is 2.68. The van der Waals surface area contributed by atoms with Crippen LogP contribution in [0, 0.1) is 5.92 Å². The van der Waals surface area contributed by atoms with E-state index in [4.69, 9.17) is 0 Å². The van der Waals surface area contributed by atoms with Crippen molar-refractivity contribution in [2.75, 3.05) is 32.8 Å². The molecule has 2 N–H and O–H groups in total. The van der Waals surface area contributed by atoms with Crippen LogP contribution in [0.1, 0.15) is 33.3 Å². The third-order valence-electron chi connectivity index (χ3n) is 4.29. The molecular formula is C17H30N2O. The summed E-state index contributed by atoms with van der Waals surface area (Å²) in [5.41, 5.74) is 0.811. The van der Waals surface area contributed by atoms with Gasteiger partial charge in [-0.2, -0.15) is 0 Å². The smallest absolute Gasteiger partial charge is 0.0692 e. The Morgan fingerprint density at radius 3 is 2.20 bits per heavy atom. The van der Waals surface area contributed by atoms with Gasteiger partial charge in [0.1, 0.15) is 0 Å². The molecule has 0 heterocycles. The number of nitrogens with zero attached hydrogens (tertiary/aromatic N) is 1. The van der Waals surface area contributed by atoms with Gasteiger partial charge in [-0.1, -0.05) is 58.0 Å². The maximum Gasteiger partial charge on any atom is 0.0692 e. The molecule has 114 valence electrons. The summed E-state index contributed by atoms with van der Waals surface area (Å²) in [6.07, 6.45) is 0. The minimum Gasteiger partial charge on any atom is -0.394 e. The summed E-state index contributed by atoms with van der Waals surface area (Å²) in [7, 11) is 0. The van der Waals surface area contributed by atoms with Gasteiger partial charge in [0.05, 0.1) is 12.1 Å². The van der Waals surface area contributed by atoms with Crippen molar-refractivity contribution in [1.29, 1.82) is 0 Å². The Hall–Kier alpha value is -0.900. The van der Waals surface area contributed by atoms with Gasteiger partial charge < -0.3 is 15.3 Å². The molecule has 0 radical (unpaired) electrons. The minimum absolute atomic E-state index is 0.118. The lowest BCUT2D eigenvalue weighted by molar-refractivity contribution is 0.112. The van der Waals surface area contributed by atoms with Gasteiger partial charge in [-0.25, -0.2) is 0 Å². The molecular weight excluding hydrogens is 248 g/mol. The van der Waals surface area contributed by atoms with Crippen LogP contribution in [0.4, 0.5) is 0 Å². The first-order chi connectivity index (χ1) is 9.60. The van der Waals surface area contributed by atoms with Crippen LogP contribution in [0.5, 0.6) is 0 Å². The fourth-order valence-electron chi connectivity index (χ4n) is 2.68. The van der Waals surface area contributed by atoms with Crippen molar-refractivity contribution < 1.29 is 5.11 Å². The third-order valence-corrected chi connectivity index (χ3v) is 4.29. The molecule has 0 amide bonds. The monoisotopic (exact) mass is 278 g/mol. The lowest BCUT2D eigenvalue weighted by Crippen LogP contribution is -2.52. The number of aliphatic hydroxyl groups excluding tert-OH is 1. The average molecular weight is 278 g/mol. The Bertz CT molecular complexity index is 363. The number of rotatable bonds is 9. The first kappa shape index (κ1) is 17.2. The Labute approximate surface area is 124 Å². The number of nitrogens with one attached hydrogen (secondary N) is 1. The lowest BCUT2D eigenvalue weighted by atomic mass is 9.80. The third kappa shape index (κ3) is 4.05. The second kappa shape index (κ2) is 8.40. The zero-order valence-electron chi connectivity index (χ0n) is 13.4. The zero-order chi connectivity index (χ0) is 15.0. The minimum atomic E-state index is -0.353. The van der Waals surface area contributed by atoms with E-state index in [2.05, 4.69) is 50.0 Å². The average Bonchev–Trinajstić information content (AvgIpc) is 2.48. The molecule has 0 aliphatic heterocycles. The maximum absolute atomic E-state index is 10.0. The molecule has 3 nitrogen and oxygen atoms in total. The number of aliphatic hydroxyl groups is 1. The van der Waals surface area contributed by atoms with Gasteiger partial charge in [0, 0.05) is 13.1 Å². The zero-order valence-corrected chi connectivity index (χ0v) is 13.4. The Balaban J connectivity index is 2.80. The van der Waals surface area contributed by atoms with Crippen molar-refractivity contribution in [3.63, 3.8) is 0 Å². The highest BCUT2D eigenvalue weighted by atomic mass is 16.3. The van der Waals surface area contributed by atoms with E-state index < -0.39 is 0 Å². The molecule has 1 atom stereocenters. The van der Waals surface area contributed by atoms with E-state index in [9.17, 15) is 5.11 Å². The van der Waals surface area contributed by atoms with Crippen molar-refractivity contribution in [3.05, 3.63) is 35.9 Å². The number of benzene rings is 1. The van der Waals surface area contributed by atoms with Crippen LogP contribution < -0.4 is 5.32 Å². The Kier molecular flexibility index (Phi) is 7.20. The highest BCUT2D eigenvalue weighted by Crippen LogP contribution is 2.29. The largest absolute Gasteiger partial charge is 0.394 e. The summed E-state index contributed by atoms with van der Waals surface area (Å²) < 4.78 is 0. The van der Waals surface area contributed by atoms with Crippen molar-refractivity contribution in [1.82, 2.24) is 10.2 Å². The van der Waals surface area contributed by atoms with Gasteiger partial charge in [0.25, 0.3) is 0 Å². The first-order valence-corrected chi connectivity index (χ1v) is 7.74. The SMILES string of the molecule is CCN(CC)CCNC(CO)(c1ccccc1)C(C)C. The molecule has 0 saturated heterocycles. The fraction of sp³-hybridized carbons (Fsp3) is 0.647. The highest BCUT2D eigenvalue weighted by Gasteiger charge is 2.34. The molecule has 1 aromatic rings. The van der Waals surface area contributed by atoms with Crippen molar-refractivity contribution in [2.45, 2.75) is 33.2 Å². The van der Waals surface area contributed by atoms with Crippen molar-refractivity contribution in [3.8, 4) is 0 Å². The first-order valence-electron chi connectivity index (χ1n) is 7.74. The highest BCUT2D eigenvalue weighted by molar-refractivity contribution is 5.25. The van der Waals surface area contributed by atoms with Crippen LogP contribution in [-0.4, -0.2) is 42.8 Å². The van der Waals surface area contributed by atoms with E-state index in [0.29, 0.717) is 5.92 Å². The quantitative estimate of drug-likeness (QED) is 0.728. The van der Waals surface area contributed by atoms with Crippen LogP contribution in [0.2, 0.25) is 0 Å². The Morgan fingerprint density at radius 2 is 1.75 bits per heavy atom. The van der Waals surface area contributed by atoms with Crippen LogP contribution in [0.15, 0.2) is 30.3 Å². The molecule has 0 fully saturated rings. The number of hydrogen-bond acceptors (Lipinski definition) is 3. The van der Waals surface area contributed by atoms with Gasteiger partial charge in [0.2, 0.25) is 0 Å². The normalized spacial score (nSPS) is 14.8. The summed E-state index contributed by atoms with van der Waals surface area (Å²) in [5.74, 6) is 0.326. The summed E-state index contributed by atoms with van der Waals surface area (Å²) in [5, 5.41) is 13.6. The van der Waals surface area contributed by atoms with Gasteiger partial charge in [-0.3, -0.25) is 0 Å². The standard InChI is InChI=1S/C17H30N2O/c1-5-19(6-2)13-12-18-17(14-20,15(3)4)16-10-8-7-9-11-16/h7-11,15,18,20H,5-6,12-14H2,1-4H3. The van der Waals surface area contributed by atoms with Gasteiger partial charge in [0.15, 0.2) is 0 Å². The van der Waals surface area contributed by atoms with E-state index in [0.717, 1.165) is 31.7 Å². The molecule has 1 rings (SSSR count). The topological polar surface area (TPSA) is 35.5 Å². The van der Waals surface area contributed by atoms with Crippen molar-refractivity contribution in [2.24, 2.45) is 5.92 Å². The van der Waals surface area contributed by atoms with Gasteiger partial charge >= 0.3 is 0 Å². The van der Waals surface area contributed by atoms with E-state index in [1.165, 1.54) is 0 Å². The summed E-state index contributed by atoms with van der Waals surface area (Å²) in [6.45, 7) is 12.8. The number of hydrogen-bond donors (Lipinski definition) is 2. The molecule has 1 aromatic carbocycles. The summed E-state index contributed by atoms with van der Waals surface area (Å²) in [6, 6.07) is 10.3.